The van der Waals surface area contributed by atoms with Crippen LogP contribution in [0, 0.1) is 0 Å². The van der Waals surface area contributed by atoms with Gasteiger partial charge in [0.15, 0.2) is 0 Å². The molecule has 6 aliphatic rings. The Morgan fingerprint density at radius 1 is 0.431 bits per heavy atom. The summed E-state index contributed by atoms with van der Waals surface area (Å²) in [5.41, 5.74) is 4.30. The van der Waals surface area contributed by atoms with Crippen molar-refractivity contribution in [3.05, 3.63) is 49.1 Å². The summed E-state index contributed by atoms with van der Waals surface area (Å²) in [4.78, 5) is 8.58. The number of hydrogen-bond acceptors (Lipinski definition) is 17. The van der Waals surface area contributed by atoms with Gasteiger partial charge in [0.1, 0.15) is 0 Å². The van der Waals surface area contributed by atoms with Crippen LogP contribution in [0.15, 0.2) is 80.0 Å². The average Bonchev–Trinajstić information content (AvgIpc) is 3.21. The Hall–Kier alpha value is -4.35. The van der Waals surface area contributed by atoms with Gasteiger partial charge in [-0.2, -0.15) is 0 Å². The van der Waals surface area contributed by atoms with Gasteiger partial charge in [0.25, 0.3) is 0 Å². The van der Waals surface area contributed by atoms with Crippen LogP contribution in [0.25, 0.3) is 0 Å². The molecule has 20 heteroatoms. The third-order valence-electron chi connectivity index (χ3n) is 8.23. The number of oxime groups is 6. The molecule has 3 fully saturated rings. The van der Waals surface area contributed by atoms with Crippen molar-refractivity contribution < 1.29 is 60.9 Å². The fraction of sp³-hybridized carbons (Fsp3) is 0.484. The van der Waals surface area contributed by atoms with E-state index in [-0.39, 0.29) is 17.1 Å². The van der Waals surface area contributed by atoms with Gasteiger partial charge < -0.3 is 43.9 Å². The second-order valence-corrected chi connectivity index (χ2v) is 11.3. The third-order valence-corrected chi connectivity index (χ3v) is 8.23. The van der Waals surface area contributed by atoms with Crippen LogP contribution in [-0.2, 0) is 45.6 Å². The first-order valence-electron chi connectivity index (χ1n) is 16.7. The number of aromatic nitrogens is 2. The minimum Gasteiger partial charge on any atom is -0.536 e. The SMILES string of the molecule is CO.CO.CO.[Fe+2].c1cncc([B-]23O/N=C4\CCCC\C4=N/O[B-](c4cccnc4)(O/N=C4\CCCC\C4=N/O2)O/N=C2\CCCC\C2=N/O3)c1. The Labute approximate surface area is 307 Å². The van der Waals surface area contributed by atoms with E-state index >= 15 is 0 Å². The molecule has 17 nitrogen and oxygen atoms in total. The van der Waals surface area contributed by atoms with Gasteiger partial charge in [-0.25, -0.2) is 0 Å². The monoisotopic (exact) mass is 750 g/mol. The summed E-state index contributed by atoms with van der Waals surface area (Å²) < 4.78 is 37.6. The summed E-state index contributed by atoms with van der Waals surface area (Å²) in [5.74, 6) is 0. The molecule has 3 saturated carbocycles. The predicted molar refractivity (Wildman–Crippen MR) is 190 cm³/mol. The fourth-order valence-corrected chi connectivity index (χ4v) is 5.66. The predicted octanol–water partition coefficient (Wildman–Crippen LogP) is 2.28. The summed E-state index contributed by atoms with van der Waals surface area (Å²) >= 11 is 0. The van der Waals surface area contributed by atoms with E-state index in [4.69, 9.17) is 43.9 Å². The molecule has 276 valence electrons. The van der Waals surface area contributed by atoms with Gasteiger partial charge in [-0.05, 0) is 89.2 Å². The summed E-state index contributed by atoms with van der Waals surface area (Å²) in [6, 6.07) is 7.08. The number of pyridine rings is 2. The van der Waals surface area contributed by atoms with Gasteiger partial charge in [0, 0.05) is 46.1 Å². The molecule has 2 aromatic heterocycles. The molecule has 0 saturated heterocycles. The molecule has 51 heavy (non-hydrogen) atoms. The van der Waals surface area contributed by atoms with Crippen molar-refractivity contribution >= 4 is 58.7 Å². The van der Waals surface area contributed by atoms with Crippen molar-refractivity contribution in [2.45, 2.75) is 77.0 Å². The van der Waals surface area contributed by atoms with Crippen molar-refractivity contribution in [2.75, 3.05) is 21.3 Å². The molecule has 0 atom stereocenters. The molecule has 3 aliphatic carbocycles. The van der Waals surface area contributed by atoms with E-state index in [1.807, 2.05) is 0 Å². The molecule has 0 unspecified atom stereocenters. The average molecular weight is 750 g/mol. The zero-order chi connectivity index (χ0) is 35.7. The normalized spacial score (nSPS) is 29.9. The van der Waals surface area contributed by atoms with Crippen LogP contribution in [0.5, 0.6) is 0 Å². The van der Waals surface area contributed by atoms with Crippen LogP contribution in [0.1, 0.15) is 77.0 Å². The molecule has 0 amide bonds. The minimum atomic E-state index is -2.92. The van der Waals surface area contributed by atoms with E-state index in [9.17, 15) is 0 Å². The second-order valence-electron chi connectivity index (χ2n) is 11.3. The number of nitrogens with zero attached hydrogens (tertiary/aromatic N) is 8. The summed E-state index contributed by atoms with van der Waals surface area (Å²) in [5, 5.41) is 48.4. The topological polar surface area (TPSA) is 216 Å². The smallest absolute Gasteiger partial charge is 0.536 e. The van der Waals surface area contributed by atoms with Crippen LogP contribution in [0.4, 0.5) is 0 Å². The third kappa shape index (κ3) is 10.1. The van der Waals surface area contributed by atoms with E-state index < -0.39 is 13.5 Å². The number of aliphatic hydroxyl groups excluding tert-OH is 3. The molecule has 5 heterocycles. The van der Waals surface area contributed by atoms with Gasteiger partial charge in [-0.15, -0.1) is 30.9 Å². The first-order chi connectivity index (χ1) is 24.7. The van der Waals surface area contributed by atoms with Crippen molar-refractivity contribution in [3.63, 3.8) is 0 Å². The Morgan fingerprint density at radius 2 is 0.667 bits per heavy atom. The Bertz CT molecular complexity index is 1330. The Balaban J connectivity index is 0.000000955. The van der Waals surface area contributed by atoms with E-state index in [1.54, 1.807) is 49.1 Å². The fourth-order valence-electron chi connectivity index (χ4n) is 5.66. The molecular weight excluding hydrogens is 706 g/mol. The molecule has 0 radical (unpaired) electrons. The van der Waals surface area contributed by atoms with E-state index in [1.165, 1.54) is 0 Å². The van der Waals surface area contributed by atoms with E-state index in [0.717, 1.165) is 59.9 Å². The molecule has 2 bridgehead atoms. The first kappa shape index (κ1) is 41.1. The van der Waals surface area contributed by atoms with Crippen molar-refractivity contribution in [1.29, 1.82) is 0 Å². The van der Waals surface area contributed by atoms with Crippen LogP contribution in [-0.4, -0.2) is 94.4 Å². The number of fused-ring (bicyclic) bond motifs is 6. The standard InChI is InChI=1S/C28H32B2N8O6.3CH4O.Fe/c1-2-12-24-23(11-1)33-39-29(21-9-7-17-31-19-21)41-35-25-13-3-5-15-27(25)37-43-30(40-34-24,22-10-8-18-32-20-22)44-38-28-16-6-4-14-26(28)36-42-29;3*1-2;/h7-10,17-20H,1-6,11-16H2;3*2H,1H3;/q-2;;;;+2/b33-23+,34-24+,35-25+,36-26+,37-27+,38-28+;;;;. The van der Waals surface area contributed by atoms with Gasteiger partial charge in [0.05, 0.1) is 34.3 Å². The summed E-state index contributed by atoms with van der Waals surface area (Å²) in [7, 11) is 3.00. The van der Waals surface area contributed by atoms with E-state index in [0.29, 0.717) is 83.7 Å². The van der Waals surface area contributed by atoms with Gasteiger partial charge in [-0.1, -0.05) is 23.1 Å². The zero-order valence-electron chi connectivity index (χ0n) is 29.0. The van der Waals surface area contributed by atoms with Crippen LogP contribution < -0.4 is 10.9 Å². The zero-order valence-corrected chi connectivity index (χ0v) is 30.1. The molecule has 8 rings (SSSR count). The second kappa shape index (κ2) is 21.1. The summed E-state index contributed by atoms with van der Waals surface area (Å²) in [6.07, 6.45) is 15.3. The van der Waals surface area contributed by atoms with Crippen LogP contribution >= 0.6 is 0 Å². The van der Waals surface area contributed by atoms with Crippen molar-refractivity contribution in [1.82, 2.24) is 9.97 Å². The largest absolute Gasteiger partial charge is 2.00 e. The quantitative estimate of drug-likeness (QED) is 0.379. The number of hydrogen-bond donors (Lipinski definition) is 3. The van der Waals surface area contributed by atoms with Gasteiger partial charge in [0.2, 0.25) is 0 Å². The molecule has 3 aliphatic heterocycles. The molecule has 2 aromatic rings. The Morgan fingerprint density at radius 3 is 0.863 bits per heavy atom. The molecule has 3 N–H and O–H groups in total. The van der Waals surface area contributed by atoms with Crippen LogP contribution in [0.2, 0.25) is 0 Å². The maximum Gasteiger partial charge on any atom is 2.00 e. The van der Waals surface area contributed by atoms with Crippen molar-refractivity contribution in [3.8, 4) is 0 Å². The molecule has 0 spiro atoms. The van der Waals surface area contributed by atoms with E-state index in [2.05, 4.69) is 40.9 Å². The van der Waals surface area contributed by atoms with Crippen LogP contribution in [0.3, 0.4) is 0 Å². The maximum atomic E-state index is 7.00. The number of rotatable bonds is 2. The first-order valence-corrected chi connectivity index (χ1v) is 16.7. The maximum absolute atomic E-state index is 7.00. The van der Waals surface area contributed by atoms with Gasteiger partial charge >= 0.3 is 30.6 Å². The van der Waals surface area contributed by atoms with Crippen molar-refractivity contribution in [2.24, 2.45) is 30.9 Å². The summed E-state index contributed by atoms with van der Waals surface area (Å²) in [6.45, 7) is -5.83. The minimum absolute atomic E-state index is 0. The van der Waals surface area contributed by atoms with Gasteiger partial charge in [-0.3, -0.25) is 9.97 Å². The molecular formula is C31H44B2FeN8O9. The molecule has 0 aromatic carbocycles. The Kier molecular flexibility index (Phi) is 17.0. The number of aliphatic hydroxyl groups is 3.